The van der Waals surface area contributed by atoms with Crippen LogP contribution < -0.4 is 9.47 Å². The number of nitrogens with zero attached hydrogens (tertiary/aromatic N) is 1. The third kappa shape index (κ3) is 5.66. The Bertz CT molecular complexity index is 601. The third-order valence-corrected chi connectivity index (χ3v) is 4.68. The Balaban J connectivity index is 2.01. The van der Waals surface area contributed by atoms with E-state index in [4.69, 9.17) is 9.47 Å². The second-order valence-corrected chi connectivity index (χ2v) is 6.44. The van der Waals surface area contributed by atoms with Crippen molar-refractivity contribution in [2.24, 2.45) is 0 Å². The molecule has 1 aromatic rings. The molecule has 1 aliphatic carbocycles. The van der Waals surface area contributed by atoms with Crippen molar-refractivity contribution in [3.05, 3.63) is 42.5 Å². The van der Waals surface area contributed by atoms with Gasteiger partial charge in [-0.2, -0.15) is 0 Å². The molecule has 0 heterocycles. The molecular formula is C21H29NO3. The Morgan fingerprint density at radius 1 is 1.24 bits per heavy atom. The fourth-order valence-corrected chi connectivity index (χ4v) is 3.17. The first kappa shape index (κ1) is 19.1. The number of likely N-dealkylation sites (N-methyl/N-ethyl adjacent to an activating group) is 1. The summed E-state index contributed by atoms with van der Waals surface area (Å²) in [7, 11) is 3.52. The SMILES string of the molecule is C=CCOc1ccc(/C=C/C(=O)N(C)C2CCCCCC2)cc1OC. The summed E-state index contributed by atoms with van der Waals surface area (Å²) in [6.07, 6.45) is 12.4. The van der Waals surface area contributed by atoms with E-state index in [1.165, 1.54) is 25.7 Å². The lowest BCUT2D eigenvalue weighted by atomic mass is 10.1. The zero-order chi connectivity index (χ0) is 18.1. The minimum atomic E-state index is 0.0536. The third-order valence-electron chi connectivity index (χ3n) is 4.68. The van der Waals surface area contributed by atoms with Gasteiger partial charge in [0, 0.05) is 19.2 Å². The molecule has 2 rings (SSSR count). The molecule has 0 aliphatic heterocycles. The van der Waals surface area contributed by atoms with Crippen molar-refractivity contribution in [3.8, 4) is 11.5 Å². The van der Waals surface area contributed by atoms with Gasteiger partial charge >= 0.3 is 0 Å². The molecular weight excluding hydrogens is 314 g/mol. The molecule has 0 N–H and O–H groups in total. The van der Waals surface area contributed by atoms with Gasteiger partial charge in [0.05, 0.1) is 7.11 Å². The van der Waals surface area contributed by atoms with Crippen molar-refractivity contribution in [2.75, 3.05) is 20.8 Å². The largest absolute Gasteiger partial charge is 0.493 e. The molecule has 1 saturated carbocycles. The van der Waals surface area contributed by atoms with Gasteiger partial charge in [0.25, 0.3) is 0 Å². The number of carbonyl (C=O) groups excluding carboxylic acids is 1. The molecule has 4 nitrogen and oxygen atoms in total. The van der Waals surface area contributed by atoms with E-state index in [1.807, 2.05) is 36.2 Å². The lowest BCUT2D eigenvalue weighted by Gasteiger charge is -2.26. The molecule has 1 fully saturated rings. The van der Waals surface area contributed by atoms with E-state index in [9.17, 15) is 4.79 Å². The molecule has 136 valence electrons. The molecule has 0 atom stereocenters. The Hall–Kier alpha value is -2.23. The number of ether oxygens (including phenoxy) is 2. The highest BCUT2D eigenvalue weighted by atomic mass is 16.5. The molecule has 0 bridgehead atoms. The van der Waals surface area contributed by atoms with Crippen LogP contribution in [-0.2, 0) is 4.79 Å². The Kier molecular flexibility index (Phi) is 7.58. The van der Waals surface area contributed by atoms with E-state index < -0.39 is 0 Å². The van der Waals surface area contributed by atoms with Gasteiger partial charge in [-0.05, 0) is 36.6 Å². The Morgan fingerprint density at radius 3 is 2.60 bits per heavy atom. The number of methoxy groups -OCH3 is 1. The first-order valence-electron chi connectivity index (χ1n) is 9.02. The number of hydrogen-bond acceptors (Lipinski definition) is 3. The second kappa shape index (κ2) is 9.92. The molecule has 0 aromatic heterocycles. The summed E-state index contributed by atoms with van der Waals surface area (Å²) in [5.74, 6) is 1.37. The standard InChI is InChI=1S/C21H29NO3/c1-4-15-25-19-13-11-17(16-20(19)24-3)12-14-21(23)22(2)18-9-7-5-6-8-10-18/h4,11-14,16,18H,1,5-10,15H2,2-3H3/b14-12+. The molecule has 0 saturated heterocycles. The average Bonchev–Trinajstić information content (AvgIpc) is 2.93. The number of benzene rings is 1. The maximum atomic E-state index is 12.5. The maximum absolute atomic E-state index is 12.5. The van der Waals surface area contributed by atoms with Crippen molar-refractivity contribution < 1.29 is 14.3 Å². The first-order valence-corrected chi connectivity index (χ1v) is 9.02. The molecule has 0 spiro atoms. The van der Waals surface area contributed by atoms with Crippen molar-refractivity contribution in [2.45, 2.75) is 44.6 Å². The maximum Gasteiger partial charge on any atom is 0.246 e. The van der Waals surface area contributed by atoms with Crippen molar-refractivity contribution in [1.82, 2.24) is 4.90 Å². The average molecular weight is 343 g/mol. The highest BCUT2D eigenvalue weighted by molar-refractivity contribution is 5.91. The number of rotatable bonds is 7. The van der Waals surface area contributed by atoms with E-state index in [1.54, 1.807) is 19.3 Å². The van der Waals surface area contributed by atoms with Crippen LogP contribution in [0.1, 0.15) is 44.1 Å². The zero-order valence-electron chi connectivity index (χ0n) is 15.4. The summed E-state index contributed by atoms with van der Waals surface area (Å²) >= 11 is 0. The molecule has 1 aliphatic rings. The number of hydrogen-bond donors (Lipinski definition) is 0. The van der Waals surface area contributed by atoms with Crippen molar-refractivity contribution >= 4 is 12.0 Å². The molecule has 0 unspecified atom stereocenters. The van der Waals surface area contributed by atoms with Gasteiger partial charge in [-0.15, -0.1) is 0 Å². The van der Waals surface area contributed by atoms with Crippen LogP contribution in [0.4, 0.5) is 0 Å². The van der Waals surface area contributed by atoms with E-state index in [0.29, 0.717) is 24.1 Å². The molecule has 1 aromatic carbocycles. The molecule has 25 heavy (non-hydrogen) atoms. The topological polar surface area (TPSA) is 38.8 Å². The van der Waals surface area contributed by atoms with Gasteiger partial charge in [-0.1, -0.05) is 44.4 Å². The predicted octanol–water partition coefficient (Wildman–Crippen LogP) is 4.45. The molecule has 4 heteroatoms. The first-order chi connectivity index (χ1) is 12.2. The van der Waals surface area contributed by atoms with Crippen LogP contribution in [-0.4, -0.2) is 37.6 Å². The number of amides is 1. The van der Waals surface area contributed by atoms with Gasteiger partial charge in [-0.25, -0.2) is 0 Å². The predicted molar refractivity (Wildman–Crippen MR) is 102 cm³/mol. The smallest absolute Gasteiger partial charge is 0.246 e. The summed E-state index contributed by atoms with van der Waals surface area (Å²) in [6, 6.07) is 6.00. The molecule has 1 amide bonds. The minimum Gasteiger partial charge on any atom is -0.493 e. The fraction of sp³-hybridized carbons (Fsp3) is 0.476. The van der Waals surface area contributed by atoms with Gasteiger partial charge in [0.2, 0.25) is 5.91 Å². The van der Waals surface area contributed by atoms with E-state index in [2.05, 4.69) is 6.58 Å². The van der Waals surface area contributed by atoms with Crippen LogP contribution >= 0.6 is 0 Å². The van der Waals surface area contributed by atoms with Crippen LogP contribution in [0.2, 0.25) is 0 Å². The monoisotopic (exact) mass is 343 g/mol. The summed E-state index contributed by atoms with van der Waals surface area (Å²) in [5.41, 5.74) is 0.908. The van der Waals surface area contributed by atoms with Gasteiger partial charge < -0.3 is 14.4 Å². The Labute approximate surface area is 151 Å². The van der Waals surface area contributed by atoms with Gasteiger partial charge in [0.15, 0.2) is 11.5 Å². The van der Waals surface area contributed by atoms with Crippen molar-refractivity contribution in [1.29, 1.82) is 0 Å². The van der Waals surface area contributed by atoms with E-state index >= 15 is 0 Å². The summed E-state index contributed by atoms with van der Waals surface area (Å²) < 4.78 is 10.9. The highest BCUT2D eigenvalue weighted by Gasteiger charge is 2.19. The highest BCUT2D eigenvalue weighted by Crippen LogP contribution is 2.28. The second-order valence-electron chi connectivity index (χ2n) is 6.44. The van der Waals surface area contributed by atoms with Gasteiger partial charge in [-0.3, -0.25) is 4.79 Å². The Morgan fingerprint density at radius 2 is 1.96 bits per heavy atom. The van der Waals surface area contributed by atoms with Crippen LogP contribution in [0, 0.1) is 0 Å². The fourth-order valence-electron chi connectivity index (χ4n) is 3.17. The number of carbonyl (C=O) groups is 1. The zero-order valence-corrected chi connectivity index (χ0v) is 15.4. The molecule has 0 radical (unpaired) electrons. The van der Waals surface area contributed by atoms with Crippen LogP contribution in [0.15, 0.2) is 36.9 Å². The van der Waals surface area contributed by atoms with Crippen molar-refractivity contribution in [3.63, 3.8) is 0 Å². The van der Waals surface area contributed by atoms with Crippen LogP contribution in [0.25, 0.3) is 6.08 Å². The van der Waals surface area contributed by atoms with E-state index in [-0.39, 0.29) is 5.91 Å². The lowest BCUT2D eigenvalue weighted by molar-refractivity contribution is -0.126. The lowest BCUT2D eigenvalue weighted by Crippen LogP contribution is -2.35. The minimum absolute atomic E-state index is 0.0536. The summed E-state index contributed by atoms with van der Waals surface area (Å²) in [4.78, 5) is 14.4. The van der Waals surface area contributed by atoms with Gasteiger partial charge in [0.1, 0.15) is 6.61 Å². The van der Waals surface area contributed by atoms with E-state index in [0.717, 1.165) is 18.4 Å². The quantitative estimate of drug-likeness (QED) is 0.417. The van der Waals surface area contributed by atoms with Crippen LogP contribution in [0.3, 0.4) is 0 Å². The normalized spacial score (nSPS) is 15.6. The summed E-state index contributed by atoms with van der Waals surface area (Å²) in [5, 5.41) is 0. The van der Waals surface area contributed by atoms with Crippen LogP contribution in [0.5, 0.6) is 11.5 Å². The summed E-state index contributed by atoms with van der Waals surface area (Å²) in [6.45, 7) is 4.07.